The van der Waals surface area contributed by atoms with Crippen molar-refractivity contribution in [3.05, 3.63) is 0 Å². The van der Waals surface area contributed by atoms with Gasteiger partial charge in [0.1, 0.15) is 12.6 Å². The minimum absolute atomic E-state index is 0.0253. The number of rotatable bonds is 1. The molecular weight excluding hydrogens is 258 g/mol. The number of carbonyl (C=O) groups is 3. The van der Waals surface area contributed by atoms with E-state index in [1.54, 1.807) is 16.7 Å². The van der Waals surface area contributed by atoms with Crippen LogP contribution in [0.15, 0.2) is 0 Å². The van der Waals surface area contributed by atoms with Crippen LogP contribution < -0.4 is 5.32 Å². The fourth-order valence-electron chi connectivity index (χ4n) is 2.00. The summed E-state index contributed by atoms with van der Waals surface area (Å²) in [6, 6.07) is -1.32. The van der Waals surface area contributed by atoms with Crippen molar-refractivity contribution in [1.82, 2.24) is 15.1 Å². The average molecular weight is 273 g/mol. The van der Waals surface area contributed by atoms with E-state index in [4.69, 9.17) is 5.11 Å². The zero-order chi connectivity index (χ0) is 13.1. The number of carbonyl (C=O) groups excluding carboxylic acids is 2. The van der Waals surface area contributed by atoms with Gasteiger partial charge in [-0.05, 0) is 0 Å². The highest BCUT2D eigenvalue weighted by Crippen LogP contribution is 2.14. The minimum atomic E-state index is -1.09. The van der Waals surface area contributed by atoms with E-state index in [0.717, 1.165) is 16.4 Å². The Balaban J connectivity index is 2.08. The highest BCUT2D eigenvalue weighted by molar-refractivity contribution is 7.99. The molecule has 2 N–H and O–H groups in total. The normalized spacial score (nSPS) is 24.7. The number of hydrogen-bond acceptors (Lipinski definition) is 4. The first-order valence-electron chi connectivity index (χ1n) is 5.72. The van der Waals surface area contributed by atoms with Crippen LogP contribution >= 0.6 is 11.8 Å². The summed E-state index contributed by atoms with van der Waals surface area (Å²) < 4.78 is 0. The molecule has 1 unspecified atom stereocenters. The van der Waals surface area contributed by atoms with Crippen LogP contribution in [-0.2, 0) is 9.59 Å². The predicted molar refractivity (Wildman–Crippen MR) is 65.4 cm³/mol. The summed E-state index contributed by atoms with van der Waals surface area (Å²) in [5.41, 5.74) is 0. The summed E-state index contributed by atoms with van der Waals surface area (Å²) in [6.45, 7) is 1.00. The fraction of sp³-hybridized carbons (Fsp3) is 0.700. The van der Waals surface area contributed by atoms with E-state index in [0.29, 0.717) is 13.1 Å². The molecule has 8 heteroatoms. The van der Waals surface area contributed by atoms with Gasteiger partial charge in [0, 0.05) is 31.1 Å². The highest BCUT2D eigenvalue weighted by Gasteiger charge is 2.37. The average Bonchev–Trinajstić information content (AvgIpc) is 2.38. The van der Waals surface area contributed by atoms with Crippen LogP contribution in [0.2, 0.25) is 0 Å². The lowest BCUT2D eigenvalue weighted by molar-refractivity contribution is -0.144. The van der Waals surface area contributed by atoms with Crippen molar-refractivity contribution >= 4 is 29.7 Å². The summed E-state index contributed by atoms with van der Waals surface area (Å²) in [5, 5.41) is 11.5. The number of piperazine rings is 1. The maximum absolute atomic E-state index is 12.2. The fourth-order valence-corrected chi connectivity index (χ4v) is 2.90. The van der Waals surface area contributed by atoms with E-state index >= 15 is 0 Å². The molecule has 2 heterocycles. The van der Waals surface area contributed by atoms with Crippen molar-refractivity contribution < 1.29 is 19.5 Å². The zero-order valence-electron chi connectivity index (χ0n) is 9.79. The van der Waals surface area contributed by atoms with Gasteiger partial charge in [0.05, 0.1) is 0 Å². The second kappa shape index (κ2) is 5.47. The molecule has 0 aromatic rings. The third-order valence-electron chi connectivity index (χ3n) is 3.00. The van der Waals surface area contributed by atoms with E-state index in [9.17, 15) is 14.4 Å². The van der Waals surface area contributed by atoms with Gasteiger partial charge in [-0.15, -0.1) is 0 Å². The smallest absolute Gasteiger partial charge is 0.328 e. The number of carboxylic acid groups (broad SMARTS) is 1. The quantitative estimate of drug-likeness (QED) is 0.642. The molecule has 7 nitrogen and oxygen atoms in total. The molecular formula is C10H15N3O4S. The van der Waals surface area contributed by atoms with Crippen molar-refractivity contribution in [1.29, 1.82) is 0 Å². The van der Waals surface area contributed by atoms with Crippen LogP contribution in [0.5, 0.6) is 0 Å². The lowest BCUT2D eigenvalue weighted by atomic mass is 10.2. The van der Waals surface area contributed by atoms with E-state index in [1.165, 1.54) is 0 Å². The van der Waals surface area contributed by atoms with Crippen LogP contribution in [0.25, 0.3) is 0 Å². The van der Waals surface area contributed by atoms with Crippen LogP contribution in [0.1, 0.15) is 0 Å². The lowest BCUT2D eigenvalue weighted by Gasteiger charge is -2.37. The summed E-state index contributed by atoms with van der Waals surface area (Å²) >= 11 is 1.76. The lowest BCUT2D eigenvalue weighted by Crippen LogP contribution is -2.62. The minimum Gasteiger partial charge on any atom is -0.480 e. The Morgan fingerprint density at radius 2 is 2.00 bits per heavy atom. The molecule has 2 saturated heterocycles. The molecule has 2 rings (SSSR count). The van der Waals surface area contributed by atoms with Crippen molar-refractivity contribution in [2.45, 2.75) is 6.04 Å². The summed E-state index contributed by atoms with van der Waals surface area (Å²) in [4.78, 5) is 37.4. The van der Waals surface area contributed by atoms with Crippen LogP contribution in [0.4, 0.5) is 4.79 Å². The summed E-state index contributed by atoms with van der Waals surface area (Å²) in [5.74, 6) is 0.300. The Morgan fingerprint density at radius 1 is 1.33 bits per heavy atom. The molecule has 3 amide bonds. The Hall–Kier alpha value is -1.44. The summed E-state index contributed by atoms with van der Waals surface area (Å²) in [6.07, 6.45) is 0. The second-order valence-electron chi connectivity index (χ2n) is 4.17. The third kappa shape index (κ3) is 2.69. The Bertz CT molecular complexity index is 370. The number of thioether (sulfide) groups is 1. The van der Waals surface area contributed by atoms with Gasteiger partial charge in [0.2, 0.25) is 5.91 Å². The topological polar surface area (TPSA) is 90.0 Å². The Labute approximate surface area is 108 Å². The number of nitrogens with zero attached hydrogens (tertiary/aromatic N) is 2. The first-order valence-corrected chi connectivity index (χ1v) is 6.88. The summed E-state index contributed by atoms with van der Waals surface area (Å²) in [7, 11) is 0. The third-order valence-corrected chi connectivity index (χ3v) is 3.94. The van der Waals surface area contributed by atoms with Crippen LogP contribution in [0.3, 0.4) is 0 Å². The van der Waals surface area contributed by atoms with Crippen molar-refractivity contribution in [2.24, 2.45) is 0 Å². The highest BCUT2D eigenvalue weighted by atomic mass is 32.2. The van der Waals surface area contributed by atoms with Gasteiger partial charge in [-0.25, -0.2) is 9.59 Å². The molecule has 0 aromatic carbocycles. The second-order valence-corrected chi connectivity index (χ2v) is 5.39. The molecule has 0 aromatic heterocycles. The number of aliphatic carboxylic acids is 1. The van der Waals surface area contributed by atoms with Gasteiger partial charge >= 0.3 is 12.0 Å². The van der Waals surface area contributed by atoms with Crippen molar-refractivity contribution in [3.8, 4) is 0 Å². The molecule has 18 heavy (non-hydrogen) atoms. The molecule has 1 atom stereocenters. The Morgan fingerprint density at radius 3 is 2.61 bits per heavy atom. The van der Waals surface area contributed by atoms with Crippen molar-refractivity contribution in [2.75, 3.05) is 37.7 Å². The molecule has 0 radical (unpaired) electrons. The predicted octanol–water partition coefficient (Wildman–Crippen LogP) is -0.960. The number of nitrogens with one attached hydrogen (secondary N) is 1. The van der Waals surface area contributed by atoms with Gasteiger partial charge in [0.25, 0.3) is 0 Å². The standard InChI is InChI=1S/C10H15N3O4S/c14-8-6-13(7(5-11-8)9(15)16)10(17)12-1-3-18-4-2-12/h7H,1-6H2,(H,11,14)(H,15,16). The van der Waals surface area contributed by atoms with E-state index in [1.807, 2.05) is 0 Å². The zero-order valence-corrected chi connectivity index (χ0v) is 10.6. The molecule has 0 aliphatic carbocycles. The maximum atomic E-state index is 12.2. The number of carboxylic acids is 1. The number of hydrogen-bond donors (Lipinski definition) is 2. The number of urea groups is 1. The van der Waals surface area contributed by atoms with Crippen molar-refractivity contribution in [3.63, 3.8) is 0 Å². The van der Waals surface area contributed by atoms with Gasteiger partial charge < -0.3 is 15.3 Å². The van der Waals surface area contributed by atoms with E-state index < -0.39 is 12.0 Å². The van der Waals surface area contributed by atoms with Crippen LogP contribution in [-0.4, -0.2) is 76.5 Å². The largest absolute Gasteiger partial charge is 0.480 e. The monoisotopic (exact) mass is 273 g/mol. The molecule has 2 aliphatic heterocycles. The van der Waals surface area contributed by atoms with Crippen LogP contribution in [0, 0.1) is 0 Å². The van der Waals surface area contributed by atoms with Gasteiger partial charge in [-0.3, -0.25) is 9.69 Å². The molecule has 2 aliphatic rings. The molecule has 0 spiro atoms. The molecule has 2 fully saturated rings. The maximum Gasteiger partial charge on any atom is 0.328 e. The number of amides is 3. The first kappa shape index (κ1) is 13.0. The van der Waals surface area contributed by atoms with E-state index in [-0.39, 0.29) is 25.0 Å². The first-order chi connectivity index (χ1) is 8.59. The molecule has 100 valence electrons. The van der Waals surface area contributed by atoms with Gasteiger partial charge in [-0.1, -0.05) is 0 Å². The van der Waals surface area contributed by atoms with Gasteiger partial charge in [-0.2, -0.15) is 11.8 Å². The Kier molecular flexibility index (Phi) is 3.95. The SMILES string of the molecule is O=C1CN(C(=O)N2CCSCC2)C(C(=O)O)CN1. The molecule has 0 bridgehead atoms. The molecule has 0 saturated carbocycles. The van der Waals surface area contributed by atoms with E-state index in [2.05, 4.69) is 5.32 Å². The van der Waals surface area contributed by atoms with Gasteiger partial charge in [0.15, 0.2) is 0 Å².